The van der Waals surface area contributed by atoms with Gasteiger partial charge in [0.05, 0.1) is 6.10 Å². The Bertz CT molecular complexity index is 597. The number of para-hydroxylation sites is 1. The van der Waals surface area contributed by atoms with E-state index in [2.05, 4.69) is 19.1 Å². The van der Waals surface area contributed by atoms with Gasteiger partial charge in [0.25, 0.3) is 0 Å². The Hall–Kier alpha value is -1.84. The molecule has 0 spiro atoms. The highest BCUT2D eigenvalue weighted by atomic mass is 16.3. The Morgan fingerprint density at radius 3 is 2.33 bits per heavy atom. The molecule has 0 amide bonds. The van der Waals surface area contributed by atoms with E-state index < -0.39 is 12.1 Å². The Kier molecular flexibility index (Phi) is 4.99. The Morgan fingerprint density at radius 2 is 1.67 bits per heavy atom. The van der Waals surface area contributed by atoms with E-state index in [4.69, 9.17) is 5.73 Å². The van der Waals surface area contributed by atoms with E-state index in [1.807, 2.05) is 19.1 Å². The molecular formula is C18H23NO2. The summed E-state index contributed by atoms with van der Waals surface area (Å²) in [6.45, 7) is 4.10. The van der Waals surface area contributed by atoms with Gasteiger partial charge in [0.1, 0.15) is 5.75 Å². The minimum Gasteiger partial charge on any atom is -0.508 e. The van der Waals surface area contributed by atoms with Crippen molar-refractivity contribution in [2.75, 3.05) is 0 Å². The van der Waals surface area contributed by atoms with Crippen LogP contribution in [0, 0.1) is 12.8 Å². The van der Waals surface area contributed by atoms with Crippen LogP contribution < -0.4 is 5.73 Å². The van der Waals surface area contributed by atoms with Gasteiger partial charge in [-0.25, -0.2) is 0 Å². The van der Waals surface area contributed by atoms with E-state index in [1.54, 1.807) is 24.3 Å². The van der Waals surface area contributed by atoms with Crippen LogP contribution >= 0.6 is 0 Å². The molecular weight excluding hydrogens is 262 g/mol. The summed E-state index contributed by atoms with van der Waals surface area (Å²) in [5.74, 6) is 0.184. The van der Waals surface area contributed by atoms with Crippen molar-refractivity contribution in [3.8, 4) is 5.75 Å². The average molecular weight is 285 g/mol. The van der Waals surface area contributed by atoms with Gasteiger partial charge >= 0.3 is 0 Å². The fraction of sp³-hybridized carbons (Fsp3) is 0.333. The molecule has 3 atom stereocenters. The Balaban J connectivity index is 2.10. The predicted octanol–water partition coefficient (Wildman–Crippen LogP) is 2.94. The van der Waals surface area contributed by atoms with Gasteiger partial charge in [0, 0.05) is 11.6 Å². The number of aromatic hydroxyl groups is 1. The third kappa shape index (κ3) is 3.63. The topological polar surface area (TPSA) is 66.5 Å². The second-order valence-electron chi connectivity index (χ2n) is 5.69. The molecule has 2 aromatic rings. The summed E-state index contributed by atoms with van der Waals surface area (Å²) in [6, 6.07) is 14.6. The van der Waals surface area contributed by atoms with Crippen molar-refractivity contribution < 1.29 is 10.2 Å². The number of phenolic OH excluding ortho intramolecular Hbond substituents is 1. The lowest BCUT2D eigenvalue weighted by Gasteiger charge is -2.26. The van der Waals surface area contributed by atoms with Crippen LogP contribution in [0.25, 0.3) is 0 Å². The average Bonchev–Trinajstić information content (AvgIpc) is 2.48. The summed E-state index contributed by atoms with van der Waals surface area (Å²) in [6.07, 6.45) is -0.0661. The van der Waals surface area contributed by atoms with Crippen molar-refractivity contribution in [2.24, 2.45) is 11.7 Å². The van der Waals surface area contributed by atoms with Gasteiger partial charge in [-0.05, 0) is 36.5 Å². The fourth-order valence-corrected chi connectivity index (χ4v) is 2.58. The fourth-order valence-electron chi connectivity index (χ4n) is 2.58. The Labute approximate surface area is 126 Å². The molecule has 0 fully saturated rings. The Morgan fingerprint density at radius 1 is 1.05 bits per heavy atom. The van der Waals surface area contributed by atoms with E-state index >= 15 is 0 Å². The van der Waals surface area contributed by atoms with Gasteiger partial charge in [0.15, 0.2) is 0 Å². The van der Waals surface area contributed by atoms with Crippen molar-refractivity contribution in [3.05, 3.63) is 65.2 Å². The van der Waals surface area contributed by atoms with E-state index in [1.165, 1.54) is 11.1 Å². The van der Waals surface area contributed by atoms with E-state index in [9.17, 15) is 10.2 Å². The van der Waals surface area contributed by atoms with E-state index in [0.717, 1.165) is 6.42 Å². The van der Waals surface area contributed by atoms with Gasteiger partial charge in [-0.3, -0.25) is 0 Å². The first-order valence-corrected chi connectivity index (χ1v) is 7.26. The number of benzene rings is 2. The maximum Gasteiger partial charge on any atom is 0.121 e. The molecule has 0 radical (unpaired) electrons. The van der Waals surface area contributed by atoms with Crippen LogP contribution in [-0.2, 0) is 6.42 Å². The number of aliphatic hydroxyl groups excluding tert-OH is 1. The summed E-state index contributed by atoms with van der Waals surface area (Å²) < 4.78 is 0. The number of aliphatic hydroxyl groups is 1. The van der Waals surface area contributed by atoms with Gasteiger partial charge in [0.2, 0.25) is 0 Å². The second-order valence-corrected chi connectivity index (χ2v) is 5.69. The van der Waals surface area contributed by atoms with Gasteiger partial charge in [-0.15, -0.1) is 0 Å². The molecule has 3 unspecified atom stereocenters. The van der Waals surface area contributed by atoms with Gasteiger partial charge < -0.3 is 15.9 Å². The van der Waals surface area contributed by atoms with Gasteiger partial charge in [-0.1, -0.05) is 49.4 Å². The van der Waals surface area contributed by atoms with Crippen LogP contribution in [-0.4, -0.2) is 16.3 Å². The maximum absolute atomic E-state index is 10.4. The zero-order valence-electron chi connectivity index (χ0n) is 12.5. The second kappa shape index (κ2) is 6.74. The number of nitrogens with two attached hydrogens (primary N) is 1. The molecule has 0 heterocycles. The summed E-state index contributed by atoms with van der Waals surface area (Å²) in [7, 11) is 0. The summed E-state index contributed by atoms with van der Waals surface area (Å²) in [4.78, 5) is 0. The van der Waals surface area contributed by atoms with Crippen LogP contribution in [0.4, 0.5) is 0 Å². The molecule has 2 aromatic carbocycles. The zero-order valence-corrected chi connectivity index (χ0v) is 12.5. The summed E-state index contributed by atoms with van der Waals surface area (Å²) in [5, 5.41) is 20.2. The number of rotatable bonds is 5. The molecule has 0 aliphatic heterocycles. The summed E-state index contributed by atoms with van der Waals surface area (Å²) >= 11 is 0. The monoisotopic (exact) mass is 285 g/mol. The van der Waals surface area contributed by atoms with Crippen LogP contribution in [0.5, 0.6) is 5.75 Å². The minimum atomic E-state index is -0.870. The molecule has 112 valence electrons. The quantitative estimate of drug-likeness (QED) is 0.791. The highest BCUT2D eigenvalue weighted by Crippen LogP contribution is 2.29. The van der Waals surface area contributed by atoms with E-state index in [0.29, 0.717) is 5.56 Å². The first-order chi connectivity index (χ1) is 10.0. The van der Waals surface area contributed by atoms with Gasteiger partial charge in [-0.2, -0.15) is 0 Å². The zero-order chi connectivity index (χ0) is 15.4. The molecule has 0 aromatic heterocycles. The number of hydrogen-bond donors (Lipinski definition) is 3. The van der Waals surface area contributed by atoms with Crippen LogP contribution in [0.1, 0.15) is 29.7 Å². The van der Waals surface area contributed by atoms with Crippen molar-refractivity contribution in [2.45, 2.75) is 32.4 Å². The maximum atomic E-state index is 10.4. The molecule has 0 aliphatic carbocycles. The third-order valence-corrected chi connectivity index (χ3v) is 4.08. The minimum absolute atomic E-state index is 0.0866. The smallest absolute Gasteiger partial charge is 0.121 e. The van der Waals surface area contributed by atoms with Crippen molar-refractivity contribution >= 4 is 0 Å². The van der Waals surface area contributed by atoms with Crippen LogP contribution in [0.2, 0.25) is 0 Å². The first-order valence-electron chi connectivity index (χ1n) is 7.26. The van der Waals surface area contributed by atoms with Crippen molar-refractivity contribution in [1.82, 2.24) is 0 Å². The molecule has 3 heteroatoms. The standard InChI is InChI=1S/C18H23NO2/c1-12-7-3-4-8-14(12)11-13(2)17(19)18(21)15-9-5-6-10-16(15)20/h3-10,13,17-18,20-21H,11,19H2,1-2H3. The highest BCUT2D eigenvalue weighted by Gasteiger charge is 2.25. The third-order valence-electron chi connectivity index (χ3n) is 4.08. The molecule has 0 saturated heterocycles. The molecule has 2 rings (SSSR count). The van der Waals surface area contributed by atoms with Crippen molar-refractivity contribution in [3.63, 3.8) is 0 Å². The number of aryl methyl sites for hydroxylation is 1. The normalized spacial score (nSPS) is 15.4. The van der Waals surface area contributed by atoms with Crippen LogP contribution in [0.3, 0.4) is 0 Å². The molecule has 0 aliphatic rings. The number of phenols is 1. The molecule has 0 bridgehead atoms. The van der Waals surface area contributed by atoms with Crippen molar-refractivity contribution in [1.29, 1.82) is 0 Å². The van der Waals surface area contributed by atoms with Crippen LogP contribution in [0.15, 0.2) is 48.5 Å². The predicted molar refractivity (Wildman–Crippen MR) is 85.1 cm³/mol. The highest BCUT2D eigenvalue weighted by molar-refractivity contribution is 5.34. The molecule has 0 saturated carbocycles. The SMILES string of the molecule is Cc1ccccc1CC(C)C(N)C(O)c1ccccc1O. The molecule has 21 heavy (non-hydrogen) atoms. The lowest BCUT2D eigenvalue weighted by atomic mass is 9.87. The summed E-state index contributed by atoms with van der Waals surface area (Å²) in [5.41, 5.74) is 9.16. The lowest BCUT2D eigenvalue weighted by Crippen LogP contribution is -2.36. The number of hydrogen-bond acceptors (Lipinski definition) is 3. The van der Waals surface area contributed by atoms with E-state index in [-0.39, 0.29) is 11.7 Å². The molecule has 4 N–H and O–H groups in total. The largest absolute Gasteiger partial charge is 0.508 e. The first kappa shape index (κ1) is 15.5. The molecule has 3 nitrogen and oxygen atoms in total. The lowest BCUT2D eigenvalue weighted by molar-refractivity contribution is 0.119.